The summed E-state index contributed by atoms with van der Waals surface area (Å²) in [6.07, 6.45) is 3.35. The monoisotopic (exact) mass is 235 g/mol. The fraction of sp³-hybridized carbons (Fsp3) is 0.0833. The Labute approximate surface area is 95.6 Å². The van der Waals surface area contributed by atoms with Gasteiger partial charge in [-0.25, -0.2) is 4.39 Å². The molecular formula is C12H10FNOS. The second kappa shape index (κ2) is 4.99. The zero-order chi connectivity index (χ0) is 11.4. The van der Waals surface area contributed by atoms with Crippen LogP contribution in [0.3, 0.4) is 0 Å². The lowest BCUT2D eigenvalue weighted by Crippen LogP contribution is -1.96. The van der Waals surface area contributed by atoms with Crippen LogP contribution in [0, 0.1) is 5.82 Å². The van der Waals surface area contributed by atoms with Crippen molar-refractivity contribution in [2.75, 3.05) is 0 Å². The van der Waals surface area contributed by atoms with E-state index in [1.165, 1.54) is 12.1 Å². The summed E-state index contributed by atoms with van der Waals surface area (Å²) in [5.41, 5.74) is 0.908. The summed E-state index contributed by atoms with van der Waals surface area (Å²) in [6.45, 7) is 0. The quantitative estimate of drug-likeness (QED) is 0.818. The molecule has 0 radical (unpaired) electrons. The van der Waals surface area contributed by atoms with Crippen molar-refractivity contribution in [1.82, 2.24) is 4.98 Å². The maximum Gasteiger partial charge on any atom is 0.123 e. The molecule has 0 aliphatic carbocycles. The molecule has 1 heterocycles. The van der Waals surface area contributed by atoms with Crippen molar-refractivity contribution in [2.45, 2.75) is 10.6 Å². The summed E-state index contributed by atoms with van der Waals surface area (Å²) >= 11 is 0. The van der Waals surface area contributed by atoms with E-state index in [0.29, 0.717) is 10.6 Å². The zero-order valence-electron chi connectivity index (χ0n) is 8.47. The highest BCUT2D eigenvalue weighted by atomic mass is 32.2. The fourth-order valence-electron chi connectivity index (χ4n) is 1.30. The van der Waals surface area contributed by atoms with Crippen molar-refractivity contribution in [1.29, 1.82) is 0 Å². The standard InChI is InChI=1S/C12H10FNOS/c13-11-3-5-12(6-4-11)16(15)9-10-2-1-7-14-8-10/h1-8H,9H2. The fourth-order valence-corrected chi connectivity index (χ4v) is 2.38. The average Bonchev–Trinajstić information content (AvgIpc) is 2.31. The van der Waals surface area contributed by atoms with Gasteiger partial charge in [0.25, 0.3) is 0 Å². The molecule has 0 aliphatic heterocycles. The maximum atomic E-state index is 12.7. The van der Waals surface area contributed by atoms with E-state index in [1.807, 2.05) is 6.07 Å². The molecule has 2 aromatic rings. The number of hydrogen-bond acceptors (Lipinski definition) is 2. The normalized spacial score (nSPS) is 12.3. The molecule has 1 aromatic heterocycles. The Morgan fingerprint density at radius 1 is 1.19 bits per heavy atom. The third-order valence-corrected chi connectivity index (χ3v) is 3.49. The van der Waals surface area contributed by atoms with Crippen molar-refractivity contribution >= 4 is 10.8 Å². The SMILES string of the molecule is O=S(Cc1cccnc1)c1ccc(F)cc1. The lowest BCUT2D eigenvalue weighted by atomic mass is 10.3. The lowest BCUT2D eigenvalue weighted by molar-refractivity contribution is 0.626. The Morgan fingerprint density at radius 2 is 1.94 bits per heavy atom. The average molecular weight is 235 g/mol. The molecule has 0 fully saturated rings. The van der Waals surface area contributed by atoms with Crippen LogP contribution in [0.2, 0.25) is 0 Å². The Hall–Kier alpha value is -1.55. The number of rotatable bonds is 3. The smallest absolute Gasteiger partial charge is 0.123 e. The Morgan fingerprint density at radius 3 is 2.56 bits per heavy atom. The van der Waals surface area contributed by atoms with E-state index in [-0.39, 0.29) is 5.82 Å². The Balaban J connectivity index is 2.12. The molecule has 16 heavy (non-hydrogen) atoms. The molecular weight excluding hydrogens is 225 g/mol. The number of pyridine rings is 1. The van der Waals surface area contributed by atoms with Gasteiger partial charge in [0.05, 0.1) is 16.6 Å². The van der Waals surface area contributed by atoms with Gasteiger partial charge in [-0.05, 0) is 35.9 Å². The molecule has 0 bridgehead atoms. The summed E-state index contributed by atoms with van der Waals surface area (Å²) in [7, 11) is -1.15. The van der Waals surface area contributed by atoms with E-state index in [9.17, 15) is 8.60 Å². The molecule has 2 rings (SSSR count). The largest absolute Gasteiger partial charge is 0.264 e. The highest BCUT2D eigenvalue weighted by Gasteiger charge is 2.05. The van der Waals surface area contributed by atoms with Crippen LogP contribution in [0.4, 0.5) is 4.39 Å². The first kappa shape index (κ1) is 11.0. The molecule has 0 N–H and O–H groups in total. The lowest BCUT2D eigenvalue weighted by Gasteiger charge is -2.01. The van der Waals surface area contributed by atoms with Crippen LogP contribution >= 0.6 is 0 Å². The highest BCUT2D eigenvalue weighted by Crippen LogP contribution is 2.12. The predicted molar refractivity (Wildman–Crippen MR) is 60.7 cm³/mol. The Kier molecular flexibility index (Phi) is 3.41. The third kappa shape index (κ3) is 2.73. The van der Waals surface area contributed by atoms with Crippen molar-refractivity contribution in [3.63, 3.8) is 0 Å². The van der Waals surface area contributed by atoms with Crippen molar-refractivity contribution < 1.29 is 8.60 Å². The van der Waals surface area contributed by atoms with Crippen molar-refractivity contribution in [2.24, 2.45) is 0 Å². The van der Waals surface area contributed by atoms with Gasteiger partial charge in [0.1, 0.15) is 5.82 Å². The molecule has 1 atom stereocenters. The van der Waals surface area contributed by atoms with Gasteiger partial charge in [0.15, 0.2) is 0 Å². The minimum atomic E-state index is -1.15. The van der Waals surface area contributed by atoms with Gasteiger partial charge in [0.2, 0.25) is 0 Å². The third-order valence-electron chi connectivity index (χ3n) is 2.10. The van der Waals surface area contributed by atoms with E-state index in [1.54, 1.807) is 30.6 Å². The van der Waals surface area contributed by atoms with Gasteiger partial charge < -0.3 is 0 Å². The topological polar surface area (TPSA) is 30.0 Å². The Bertz CT molecular complexity index is 484. The molecule has 1 unspecified atom stereocenters. The van der Waals surface area contributed by atoms with Gasteiger partial charge in [-0.2, -0.15) is 0 Å². The first-order valence-corrected chi connectivity index (χ1v) is 6.10. The molecule has 82 valence electrons. The number of hydrogen-bond donors (Lipinski definition) is 0. The van der Waals surface area contributed by atoms with E-state index in [4.69, 9.17) is 0 Å². The first-order valence-electron chi connectivity index (χ1n) is 4.78. The minimum Gasteiger partial charge on any atom is -0.264 e. The van der Waals surface area contributed by atoms with Crippen LogP contribution < -0.4 is 0 Å². The number of nitrogens with zero attached hydrogens (tertiary/aromatic N) is 1. The first-order chi connectivity index (χ1) is 7.75. The molecule has 0 saturated carbocycles. The number of aromatic nitrogens is 1. The summed E-state index contributed by atoms with van der Waals surface area (Å²) in [5.74, 6) is 0.0848. The minimum absolute atomic E-state index is 0.317. The van der Waals surface area contributed by atoms with E-state index >= 15 is 0 Å². The van der Waals surface area contributed by atoms with Gasteiger partial charge in [0, 0.05) is 17.3 Å². The molecule has 0 spiro atoms. The van der Waals surface area contributed by atoms with E-state index in [2.05, 4.69) is 4.98 Å². The van der Waals surface area contributed by atoms with Crippen LogP contribution in [0.1, 0.15) is 5.56 Å². The summed E-state index contributed by atoms with van der Waals surface area (Å²) in [4.78, 5) is 4.58. The molecule has 0 aliphatic rings. The zero-order valence-corrected chi connectivity index (χ0v) is 9.28. The maximum absolute atomic E-state index is 12.7. The molecule has 1 aromatic carbocycles. The molecule has 0 saturated heterocycles. The molecule has 0 amide bonds. The summed E-state index contributed by atoms with van der Waals surface area (Å²) < 4.78 is 24.6. The van der Waals surface area contributed by atoms with E-state index < -0.39 is 10.8 Å². The predicted octanol–water partition coefficient (Wildman–Crippen LogP) is 2.53. The molecule has 4 heteroatoms. The van der Waals surface area contributed by atoms with Gasteiger partial charge in [-0.3, -0.25) is 9.19 Å². The van der Waals surface area contributed by atoms with Gasteiger partial charge in [-0.1, -0.05) is 6.07 Å². The van der Waals surface area contributed by atoms with Crippen LogP contribution in [0.5, 0.6) is 0 Å². The second-order valence-electron chi connectivity index (χ2n) is 3.31. The van der Waals surface area contributed by atoms with Crippen LogP contribution in [-0.2, 0) is 16.6 Å². The molecule has 2 nitrogen and oxygen atoms in total. The van der Waals surface area contributed by atoms with Gasteiger partial charge in [-0.15, -0.1) is 0 Å². The van der Waals surface area contributed by atoms with Crippen LogP contribution in [-0.4, -0.2) is 9.19 Å². The summed E-state index contributed by atoms with van der Waals surface area (Å²) in [5, 5.41) is 0. The highest BCUT2D eigenvalue weighted by molar-refractivity contribution is 7.84. The van der Waals surface area contributed by atoms with Crippen LogP contribution in [0.15, 0.2) is 53.7 Å². The van der Waals surface area contributed by atoms with Crippen molar-refractivity contribution in [3.8, 4) is 0 Å². The van der Waals surface area contributed by atoms with Gasteiger partial charge >= 0.3 is 0 Å². The number of benzene rings is 1. The van der Waals surface area contributed by atoms with Crippen molar-refractivity contribution in [3.05, 3.63) is 60.2 Å². The number of halogens is 1. The van der Waals surface area contributed by atoms with E-state index in [0.717, 1.165) is 5.56 Å². The summed E-state index contributed by atoms with van der Waals surface area (Å²) in [6, 6.07) is 9.39. The second-order valence-corrected chi connectivity index (χ2v) is 4.76. The van der Waals surface area contributed by atoms with Crippen LogP contribution in [0.25, 0.3) is 0 Å².